The molecule has 1 saturated heterocycles. The summed E-state index contributed by atoms with van der Waals surface area (Å²) in [6.45, 7) is 0.979. The van der Waals surface area contributed by atoms with Crippen LogP contribution in [-0.4, -0.2) is 18.4 Å². The first-order chi connectivity index (χ1) is 15.0. The van der Waals surface area contributed by atoms with Crippen LogP contribution in [0, 0.1) is 5.82 Å². The quantitative estimate of drug-likeness (QED) is 0.435. The Morgan fingerprint density at radius 1 is 1.13 bits per heavy atom. The van der Waals surface area contributed by atoms with Gasteiger partial charge in [-0.3, -0.25) is 9.59 Å². The van der Waals surface area contributed by atoms with Gasteiger partial charge >= 0.3 is 0 Å². The fraction of sp³-hybridized carbons (Fsp3) is 0.217. The first-order valence-corrected chi connectivity index (χ1v) is 11.6. The van der Waals surface area contributed by atoms with E-state index in [1.54, 1.807) is 36.4 Å². The van der Waals surface area contributed by atoms with E-state index in [9.17, 15) is 14.0 Å². The summed E-state index contributed by atoms with van der Waals surface area (Å²) in [6.07, 6.45) is 2.17. The highest BCUT2D eigenvalue weighted by Crippen LogP contribution is 2.30. The van der Waals surface area contributed by atoms with E-state index in [0.29, 0.717) is 14.9 Å². The number of hydrogen-bond acceptors (Lipinski definition) is 4. The van der Waals surface area contributed by atoms with Gasteiger partial charge in [0.15, 0.2) is 0 Å². The van der Waals surface area contributed by atoms with Crippen LogP contribution in [0.15, 0.2) is 65.1 Å². The largest absolute Gasteiger partial charge is 0.336 e. The number of carbonyl (C=O) groups is 2. The average Bonchev–Trinajstić information content (AvgIpc) is 3.46. The second kappa shape index (κ2) is 9.72. The lowest BCUT2D eigenvalue weighted by Crippen LogP contribution is -2.36. The predicted octanol–water partition coefficient (Wildman–Crippen LogP) is 5.18. The summed E-state index contributed by atoms with van der Waals surface area (Å²) >= 11 is 4.62. The summed E-state index contributed by atoms with van der Waals surface area (Å²) in [7, 11) is 0. The number of thiophene rings is 1. The summed E-state index contributed by atoms with van der Waals surface area (Å²) in [5.41, 5.74) is 0.661. The Kier molecular flexibility index (Phi) is 6.80. The van der Waals surface area contributed by atoms with Crippen LogP contribution in [0.4, 0.5) is 10.1 Å². The lowest BCUT2D eigenvalue weighted by molar-refractivity contribution is -0.118. The molecule has 0 bridgehead atoms. The molecule has 31 heavy (non-hydrogen) atoms. The van der Waals surface area contributed by atoms with Gasteiger partial charge in [-0.15, -0.1) is 11.3 Å². The zero-order chi connectivity index (χ0) is 21.8. The number of rotatable bonds is 6. The minimum atomic E-state index is -0.966. The Labute approximate surface area is 192 Å². The zero-order valence-electron chi connectivity index (χ0n) is 16.5. The van der Waals surface area contributed by atoms with E-state index in [1.807, 2.05) is 12.1 Å². The van der Waals surface area contributed by atoms with Crippen LogP contribution in [0.2, 0.25) is 0 Å². The van der Waals surface area contributed by atoms with Gasteiger partial charge in [-0.05, 0) is 55.3 Å². The molecule has 1 aliphatic rings. The molecule has 8 heteroatoms. The summed E-state index contributed by atoms with van der Waals surface area (Å²) in [5, 5.41) is 8.82. The van der Waals surface area contributed by atoms with Crippen molar-refractivity contribution in [2.75, 3.05) is 11.9 Å². The van der Waals surface area contributed by atoms with E-state index in [1.165, 1.54) is 23.5 Å². The van der Waals surface area contributed by atoms with Gasteiger partial charge in [-0.1, -0.05) is 46.3 Å². The lowest BCUT2D eigenvalue weighted by Gasteiger charge is -2.19. The second-order valence-electron chi connectivity index (χ2n) is 7.28. The summed E-state index contributed by atoms with van der Waals surface area (Å²) in [4.78, 5) is 27.6. The van der Waals surface area contributed by atoms with E-state index in [0.717, 1.165) is 24.3 Å². The third-order valence-corrected chi connectivity index (χ3v) is 6.80. The number of hydrogen-bond donors (Lipinski definition) is 3. The first kappa shape index (κ1) is 21.7. The molecule has 3 N–H and O–H groups in total. The standard InChI is InChI=1S/C23H21BrFN3O2S/c24-15-8-9-17(16(25)13-15)27-23(30)21(14-5-2-1-3-6-14)28-22(29)20-11-10-19(31-20)18-7-4-12-26-18/h1-3,5-6,8-11,13,18,21,26H,4,7,12H2,(H,27,30)(H,28,29). The van der Waals surface area contributed by atoms with E-state index in [-0.39, 0.29) is 17.6 Å². The van der Waals surface area contributed by atoms with E-state index in [4.69, 9.17) is 0 Å². The van der Waals surface area contributed by atoms with Gasteiger partial charge in [0.25, 0.3) is 11.8 Å². The Morgan fingerprint density at radius 3 is 2.65 bits per heavy atom. The van der Waals surface area contributed by atoms with E-state index < -0.39 is 17.8 Å². The van der Waals surface area contributed by atoms with Crippen LogP contribution >= 0.6 is 27.3 Å². The molecule has 0 spiro atoms. The minimum absolute atomic E-state index is 0.0501. The van der Waals surface area contributed by atoms with Crippen molar-refractivity contribution in [3.63, 3.8) is 0 Å². The number of carbonyl (C=O) groups excluding carboxylic acids is 2. The smallest absolute Gasteiger partial charge is 0.262 e. The van der Waals surface area contributed by atoms with Crippen LogP contribution in [0.25, 0.3) is 0 Å². The Balaban J connectivity index is 1.54. The third kappa shape index (κ3) is 5.20. The average molecular weight is 502 g/mol. The molecule has 2 heterocycles. The van der Waals surface area contributed by atoms with Crippen molar-refractivity contribution in [3.05, 3.63) is 86.3 Å². The van der Waals surface area contributed by atoms with E-state index >= 15 is 0 Å². The van der Waals surface area contributed by atoms with Gasteiger partial charge < -0.3 is 16.0 Å². The number of anilines is 1. The molecule has 0 saturated carbocycles. The molecular weight excluding hydrogens is 481 g/mol. The Hall–Kier alpha value is -2.55. The number of amides is 2. The fourth-order valence-corrected chi connectivity index (χ4v) is 4.89. The van der Waals surface area contributed by atoms with Crippen LogP contribution in [0.1, 0.15) is 45.0 Å². The predicted molar refractivity (Wildman–Crippen MR) is 124 cm³/mol. The highest BCUT2D eigenvalue weighted by atomic mass is 79.9. The molecule has 1 fully saturated rings. The van der Waals surface area contributed by atoms with Crippen molar-refractivity contribution in [3.8, 4) is 0 Å². The molecule has 0 radical (unpaired) electrons. The van der Waals surface area contributed by atoms with Gasteiger partial charge in [0, 0.05) is 15.4 Å². The molecule has 5 nitrogen and oxygen atoms in total. The molecule has 2 aromatic carbocycles. The van der Waals surface area contributed by atoms with Crippen molar-refractivity contribution in [2.24, 2.45) is 0 Å². The highest BCUT2D eigenvalue weighted by molar-refractivity contribution is 9.10. The first-order valence-electron chi connectivity index (χ1n) is 9.96. The molecule has 0 aliphatic carbocycles. The Bertz CT molecular complexity index is 1080. The van der Waals surface area contributed by atoms with Crippen molar-refractivity contribution >= 4 is 44.8 Å². The maximum Gasteiger partial charge on any atom is 0.262 e. The zero-order valence-corrected chi connectivity index (χ0v) is 18.9. The maximum atomic E-state index is 14.2. The second-order valence-corrected chi connectivity index (χ2v) is 9.31. The molecular formula is C23H21BrFN3O2S. The van der Waals surface area contributed by atoms with Crippen molar-refractivity contribution in [1.29, 1.82) is 0 Å². The summed E-state index contributed by atoms with van der Waals surface area (Å²) in [6, 6.07) is 16.3. The molecule has 2 amide bonds. The highest BCUT2D eigenvalue weighted by Gasteiger charge is 2.26. The lowest BCUT2D eigenvalue weighted by atomic mass is 10.1. The van der Waals surface area contributed by atoms with Crippen LogP contribution in [-0.2, 0) is 4.79 Å². The molecule has 2 atom stereocenters. The molecule has 1 aromatic heterocycles. The molecule has 4 rings (SSSR count). The van der Waals surface area contributed by atoms with Crippen molar-refractivity contribution in [1.82, 2.24) is 10.6 Å². The van der Waals surface area contributed by atoms with Gasteiger partial charge in [0.2, 0.25) is 0 Å². The number of benzene rings is 2. The molecule has 1 aliphatic heterocycles. The van der Waals surface area contributed by atoms with E-state index in [2.05, 4.69) is 31.9 Å². The SMILES string of the molecule is O=C(NC(C(=O)Nc1ccc(Br)cc1F)c1ccccc1)c1ccc(C2CCCN2)s1. The molecule has 3 aromatic rings. The third-order valence-electron chi connectivity index (χ3n) is 5.11. The normalized spacial score (nSPS) is 16.6. The summed E-state index contributed by atoms with van der Waals surface area (Å²) < 4.78 is 14.8. The molecule has 160 valence electrons. The maximum absolute atomic E-state index is 14.2. The van der Waals surface area contributed by atoms with Gasteiger partial charge in [0.1, 0.15) is 11.9 Å². The fourth-order valence-electron chi connectivity index (χ4n) is 3.53. The van der Waals surface area contributed by atoms with Crippen molar-refractivity contribution < 1.29 is 14.0 Å². The number of nitrogens with one attached hydrogen (secondary N) is 3. The number of halogens is 2. The van der Waals surface area contributed by atoms with Gasteiger partial charge in [-0.25, -0.2) is 4.39 Å². The van der Waals surface area contributed by atoms with Gasteiger partial charge in [0.05, 0.1) is 10.6 Å². The topological polar surface area (TPSA) is 70.2 Å². The monoisotopic (exact) mass is 501 g/mol. The molecule has 2 unspecified atom stereocenters. The Morgan fingerprint density at radius 2 is 1.94 bits per heavy atom. The minimum Gasteiger partial charge on any atom is -0.336 e. The van der Waals surface area contributed by atoms with Crippen LogP contribution in [0.3, 0.4) is 0 Å². The summed E-state index contributed by atoms with van der Waals surface area (Å²) in [5.74, 6) is -1.42. The van der Waals surface area contributed by atoms with Crippen LogP contribution in [0.5, 0.6) is 0 Å². The van der Waals surface area contributed by atoms with Gasteiger partial charge in [-0.2, -0.15) is 0 Å². The van der Waals surface area contributed by atoms with Crippen LogP contribution < -0.4 is 16.0 Å². The van der Waals surface area contributed by atoms with Crippen molar-refractivity contribution in [2.45, 2.75) is 24.9 Å².